The van der Waals surface area contributed by atoms with Crippen molar-refractivity contribution in [3.63, 3.8) is 0 Å². The van der Waals surface area contributed by atoms with Crippen molar-refractivity contribution in [2.75, 3.05) is 26.9 Å². The number of ether oxygens (including phenoxy) is 2. The molecule has 1 aromatic rings. The highest BCUT2D eigenvalue weighted by atomic mass is 35.5. The Morgan fingerprint density at radius 2 is 2.10 bits per heavy atom. The van der Waals surface area contributed by atoms with Crippen LogP contribution in [-0.4, -0.2) is 32.8 Å². The van der Waals surface area contributed by atoms with Gasteiger partial charge in [-0.05, 0) is 43.5 Å². The summed E-state index contributed by atoms with van der Waals surface area (Å²) in [5.74, 6) is 0.837. The van der Waals surface area contributed by atoms with Gasteiger partial charge < -0.3 is 14.8 Å². The number of methoxy groups -OCH3 is 1. The number of nitrogens with one attached hydrogen (secondary N) is 1. The van der Waals surface area contributed by atoms with Gasteiger partial charge in [-0.3, -0.25) is 4.79 Å². The summed E-state index contributed by atoms with van der Waals surface area (Å²) in [5, 5.41) is 3.57. The SMILES string of the molecule is COCCCNC(=O)CCCOc1ccc(Cl)c(C)c1. The number of hydrogen-bond acceptors (Lipinski definition) is 3. The van der Waals surface area contributed by atoms with Crippen molar-refractivity contribution < 1.29 is 14.3 Å². The Hall–Kier alpha value is -1.26. The van der Waals surface area contributed by atoms with Crippen LogP contribution in [-0.2, 0) is 9.53 Å². The van der Waals surface area contributed by atoms with Crippen molar-refractivity contribution in [2.24, 2.45) is 0 Å². The lowest BCUT2D eigenvalue weighted by atomic mass is 10.2. The van der Waals surface area contributed by atoms with E-state index in [-0.39, 0.29) is 5.91 Å². The standard InChI is InChI=1S/C15H22ClNO3/c1-12-11-13(6-7-14(12)16)20-10-3-5-15(18)17-8-4-9-19-2/h6-7,11H,3-5,8-10H2,1-2H3,(H,17,18). The molecule has 0 heterocycles. The molecule has 4 nitrogen and oxygen atoms in total. The zero-order valence-electron chi connectivity index (χ0n) is 12.1. The van der Waals surface area contributed by atoms with Crippen molar-refractivity contribution >= 4 is 17.5 Å². The van der Waals surface area contributed by atoms with E-state index >= 15 is 0 Å². The number of rotatable bonds is 9. The molecule has 0 aliphatic heterocycles. The van der Waals surface area contributed by atoms with E-state index in [4.69, 9.17) is 21.1 Å². The van der Waals surface area contributed by atoms with Gasteiger partial charge in [0.25, 0.3) is 0 Å². The fourth-order valence-electron chi connectivity index (χ4n) is 1.66. The van der Waals surface area contributed by atoms with Crippen LogP contribution in [0.3, 0.4) is 0 Å². The Bertz CT molecular complexity index is 424. The highest BCUT2D eigenvalue weighted by molar-refractivity contribution is 6.31. The molecule has 0 atom stereocenters. The van der Waals surface area contributed by atoms with Gasteiger partial charge in [-0.2, -0.15) is 0 Å². The van der Waals surface area contributed by atoms with Crippen LogP contribution in [0.2, 0.25) is 5.02 Å². The number of carbonyl (C=O) groups excluding carboxylic acids is 1. The fourth-order valence-corrected chi connectivity index (χ4v) is 1.78. The molecule has 1 amide bonds. The largest absolute Gasteiger partial charge is 0.494 e. The number of aryl methyl sites for hydroxylation is 1. The van der Waals surface area contributed by atoms with Gasteiger partial charge in [0, 0.05) is 31.7 Å². The maximum absolute atomic E-state index is 11.5. The van der Waals surface area contributed by atoms with Crippen molar-refractivity contribution in [3.05, 3.63) is 28.8 Å². The third-order valence-electron chi connectivity index (χ3n) is 2.79. The highest BCUT2D eigenvalue weighted by Gasteiger charge is 2.02. The van der Waals surface area contributed by atoms with E-state index in [9.17, 15) is 4.79 Å². The second-order valence-corrected chi connectivity index (χ2v) is 4.97. The summed E-state index contributed by atoms with van der Waals surface area (Å²) in [6, 6.07) is 5.54. The first-order valence-corrected chi connectivity index (χ1v) is 7.16. The van der Waals surface area contributed by atoms with Crippen molar-refractivity contribution in [3.8, 4) is 5.75 Å². The molecular formula is C15H22ClNO3. The minimum atomic E-state index is 0.0528. The number of benzene rings is 1. The predicted octanol–water partition coefficient (Wildman–Crippen LogP) is 2.96. The van der Waals surface area contributed by atoms with Crippen molar-refractivity contribution in [1.29, 1.82) is 0 Å². The number of carbonyl (C=O) groups is 1. The lowest BCUT2D eigenvalue weighted by molar-refractivity contribution is -0.121. The van der Waals surface area contributed by atoms with Crippen LogP contribution in [0.4, 0.5) is 0 Å². The first-order valence-electron chi connectivity index (χ1n) is 6.78. The minimum absolute atomic E-state index is 0.0528. The van der Waals surface area contributed by atoms with Gasteiger partial charge in [-0.15, -0.1) is 0 Å². The van der Waals surface area contributed by atoms with Crippen molar-refractivity contribution in [1.82, 2.24) is 5.32 Å². The third-order valence-corrected chi connectivity index (χ3v) is 3.22. The molecule has 0 bridgehead atoms. The first-order chi connectivity index (χ1) is 9.63. The van der Waals surface area contributed by atoms with Crippen LogP contribution in [0.15, 0.2) is 18.2 Å². The Kier molecular flexibility index (Phi) is 8.07. The molecule has 0 radical (unpaired) electrons. The zero-order valence-corrected chi connectivity index (χ0v) is 12.8. The normalized spacial score (nSPS) is 10.3. The topological polar surface area (TPSA) is 47.6 Å². The molecule has 0 fully saturated rings. The van der Waals surface area contributed by atoms with Crippen LogP contribution in [0.1, 0.15) is 24.8 Å². The molecule has 1 aromatic carbocycles. The third kappa shape index (κ3) is 6.78. The van der Waals surface area contributed by atoms with Crippen LogP contribution < -0.4 is 10.1 Å². The summed E-state index contributed by atoms with van der Waals surface area (Å²) in [5.41, 5.74) is 0.986. The Labute approximate surface area is 125 Å². The molecule has 0 spiro atoms. The Balaban J connectivity index is 2.12. The molecule has 0 aliphatic carbocycles. The second-order valence-electron chi connectivity index (χ2n) is 4.56. The summed E-state index contributed by atoms with van der Waals surface area (Å²) < 4.78 is 10.5. The van der Waals surface area contributed by atoms with E-state index in [1.807, 2.05) is 25.1 Å². The molecule has 0 saturated carbocycles. The molecule has 0 saturated heterocycles. The average molecular weight is 300 g/mol. The average Bonchev–Trinajstić information content (AvgIpc) is 2.43. The predicted molar refractivity (Wildman–Crippen MR) is 80.4 cm³/mol. The monoisotopic (exact) mass is 299 g/mol. The van der Waals surface area contributed by atoms with Gasteiger partial charge in [0.2, 0.25) is 5.91 Å². The van der Waals surface area contributed by atoms with Crippen LogP contribution in [0.5, 0.6) is 5.75 Å². The Morgan fingerprint density at radius 1 is 1.30 bits per heavy atom. The molecular weight excluding hydrogens is 278 g/mol. The van der Waals surface area contributed by atoms with E-state index in [2.05, 4.69) is 5.32 Å². The molecule has 1 rings (SSSR count). The van der Waals surface area contributed by atoms with Crippen LogP contribution in [0.25, 0.3) is 0 Å². The molecule has 5 heteroatoms. The Morgan fingerprint density at radius 3 is 2.80 bits per heavy atom. The van der Waals surface area contributed by atoms with E-state index in [0.717, 1.165) is 22.8 Å². The quantitative estimate of drug-likeness (QED) is 0.713. The van der Waals surface area contributed by atoms with Gasteiger partial charge in [0.15, 0.2) is 0 Å². The van der Waals surface area contributed by atoms with Gasteiger partial charge in [0.05, 0.1) is 6.61 Å². The maximum Gasteiger partial charge on any atom is 0.220 e. The smallest absolute Gasteiger partial charge is 0.220 e. The summed E-state index contributed by atoms with van der Waals surface area (Å²) in [6.45, 7) is 3.78. The molecule has 20 heavy (non-hydrogen) atoms. The van der Waals surface area contributed by atoms with Crippen molar-refractivity contribution in [2.45, 2.75) is 26.2 Å². The summed E-state index contributed by atoms with van der Waals surface area (Å²) in [4.78, 5) is 11.5. The van der Waals surface area contributed by atoms with Gasteiger partial charge in [-0.1, -0.05) is 11.6 Å². The molecule has 1 N–H and O–H groups in total. The lowest BCUT2D eigenvalue weighted by Gasteiger charge is -2.08. The minimum Gasteiger partial charge on any atom is -0.494 e. The molecule has 112 valence electrons. The number of amides is 1. The van der Waals surface area contributed by atoms with E-state index < -0.39 is 0 Å². The van der Waals surface area contributed by atoms with E-state index in [1.54, 1.807) is 7.11 Å². The first kappa shape index (κ1) is 16.8. The number of hydrogen-bond donors (Lipinski definition) is 1. The summed E-state index contributed by atoms with van der Waals surface area (Å²) >= 11 is 5.94. The van der Waals surface area contributed by atoms with E-state index in [0.29, 0.717) is 32.6 Å². The number of halogens is 1. The zero-order chi connectivity index (χ0) is 14.8. The molecule has 0 aliphatic rings. The lowest BCUT2D eigenvalue weighted by Crippen LogP contribution is -2.25. The molecule has 0 aromatic heterocycles. The second kappa shape index (κ2) is 9.61. The summed E-state index contributed by atoms with van der Waals surface area (Å²) in [7, 11) is 1.65. The fraction of sp³-hybridized carbons (Fsp3) is 0.533. The van der Waals surface area contributed by atoms with Gasteiger partial charge in [-0.25, -0.2) is 0 Å². The van der Waals surface area contributed by atoms with Crippen LogP contribution in [0, 0.1) is 6.92 Å². The van der Waals surface area contributed by atoms with E-state index in [1.165, 1.54) is 0 Å². The summed E-state index contributed by atoms with van der Waals surface area (Å²) in [6.07, 6.45) is 2.00. The maximum atomic E-state index is 11.5. The van der Waals surface area contributed by atoms with Gasteiger partial charge >= 0.3 is 0 Å². The van der Waals surface area contributed by atoms with Gasteiger partial charge in [0.1, 0.15) is 5.75 Å². The molecule has 0 unspecified atom stereocenters. The highest BCUT2D eigenvalue weighted by Crippen LogP contribution is 2.21. The van der Waals surface area contributed by atoms with Crippen LogP contribution >= 0.6 is 11.6 Å².